The Morgan fingerprint density at radius 2 is 1.78 bits per heavy atom. The molecule has 27 heavy (non-hydrogen) atoms. The average molecular weight is 392 g/mol. The van der Waals surface area contributed by atoms with Gasteiger partial charge in [-0.05, 0) is 36.8 Å². The van der Waals surface area contributed by atoms with E-state index < -0.39 is 12.0 Å². The lowest BCUT2D eigenvalue weighted by atomic mass is 10.0. The van der Waals surface area contributed by atoms with Gasteiger partial charge in [0.15, 0.2) is 11.5 Å². The molecule has 0 aliphatic rings. The predicted octanol–water partition coefficient (Wildman–Crippen LogP) is 3.78. The highest BCUT2D eigenvalue weighted by Gasteiger charge is 2.22. The van der Waals surface area contributed by atoms with Crippen molar-refractivity contribution in [1.29, 1.82) is 0 Å². The van der Waals surface area contributed by atoms with Gasteiger partial charge in [0.1, 0.15) is 0 Å². The van der Waals surface area contributed by atoms with E-state index in [4.69, 9.17) is 25.8 Å². The summed E-state index contributed by atoms with van der Waals surface area (Å²) in [6, 6.07) is 11.2. The highest BCUT2D eigenvalue weighted by molar-refractivity contribution is 6.31. The largest absolute Gasteiger partial charge is 0.493 e. The van der Waals surface area contributed by atoms with Crippen LogP contribution in [0, 0.1) is 0 Å². The number of nitrogens with one attached hydrogen (secondary N) is 1. The van der Waals surface area contributed by atoms with E-state index in [0.29, 0.717) is 27.6 Å². The van der Waals surface area contributed by atoms with Crippen LogP contribution in [0.1, 0.15) is 35.3 Å². The van der Waals surface area contributed by atoms with Gasteiger partial charge in [-0.25, -0.2) is 0 Å². The standard InChI is InChI=1S/C20H22ClNO5/c1-4-27-19(23)12-16(14-7-5-6-8-15(14)21)22-20(24)13-9-10-17(25-2)18(11-13)26-3/h5-11,16H,4,12H2,1-3H3,(H,22,24). The Hall–Kier alpha value is -2.73. The number of hydrogen-bond donors (Lipinski definition) is 1. The molecule has 1 atom stereocenters. The fourth-order valence-corrected chi connectivity index (χ4v) is 2.87. The number of carbonyl (C=O) groups is 2. The molecule has 0 radical (unpaired) electrons. The van der Waals surface area contributed by atoms with Gasteiger partial charge in [-0.15, -0.1) is 0 Å². The number of methoxy groups -OCH3 is 2. The molecule has 0 bridgehead atoms. The first-order valence-electron chi connectivity index (χ1n) is 8.43. The molecule has 2 aromatic rings. The van der Waals surface area contributed by atoms with Gasteiger partial charge in [0.05, 0.1) is 33.3 Å². The Balaban J connectivity index is 2.27. The molecule has 1 N–H and O–H groups in total. The maximum Gasteiger partial charge on any atom is 0.308 e. The number of ether oxygens (including phenoxy) is 3. The summed E-state index contributed by atoms with van der Waals surface area (Å²) in [7, 11) is 3.01. The molecule has 6 nitrogen and oxygen atoms in total. The first kappa shape index (κ1) is 20.6. The van der Waals surface area contributed by atoms with E-state index in [1.54, 1.807) is 49.4 Å². The minimum absolute atomic E-state index is 0.0311. The average Bonchev–Trinajstić information content (AvgIpc) is 2.67. The van der Waals surface area contributed by atoms with Crippen LogP contribution in [0.2, 0.25) is 5.02 Å². The zero-order valence-corrected chi connectivity index (χ0v) is 16.2. The van der Waals surface area contributed by atoms with E-state index in [1.807, 2.05) is 0 Å². The molecule has 7 heteroatoms. The first-order valence-corrected chi connectivity index (χ1v) is 8.80. The van der Waals surface area contributed by atoms with Gasteiger partial charge in [0.25, 0.3) is 5.91 Å². The number of amides is 1. The number of carbonyl (C=O) groups excluding carboxylic acids is 2. The maximum atomic E-state index is 12.7. The summed E-state index contributed by atoms with van der Waals surface area (Å²) < 4.78 is 15.4. The van der Waals surface area contributed by atoms with Crippen molar-refractivity contribution in [3.05, 3.63) is 58.6 Å². The van der Waals surface area contributed by atoms with Gasteiger partial charge in [-0.1, -0.05) is 29.8 Å². The van der Waals surface area contributed by atoms with Crippen LogP contribution < -0.4 is 14.8 Å². The summed E-state index contributed by atoms with van der Waals surface area (Å²) in [6.07, 6.45) is -0.0311. The van der Waals surface area contributed by atoms with Crippen molar-refractivity contribution in [2.24, 2.45) is 0 Å². The summed E-state index contributed by atoms with van der Waals surface area (Å²) >= 11 is 6.26. The van der Waals surface area contributed by atoms with Crippen molar-refractivity contribution in [1.82, 2.24) is 5.32 Å². The quantitative estimate of drug-likeness (QED) is 0.693. The summed E-state index contributed by atoms with van der Waals surface area (Å²) in [5.74, 6) is 0.160. The van der Waals surface area contributed by atoms with Crippen LogP contribution in [0.25, 0.3) is 0 Å². The highest BCUT2D eigenvalue weighted by Crippen LogP contribution is 2.29. The Morgan fingerprint density at radius 3 is 2.41 bits per heavy atom. The minimum atomic E-state index is -0.627. The van der Waals surface area contributed by atoms with Crippen molar-refractivity contribution in [3.8, 4) is 11.5 Å². The summed E-state index contributed by atoms with van der Waals surface area (Å²) in [6.45, 7) is 1.99. The van der Waals surface area contributed by atoms with E-state index >= 15 is 0 Å². The predicted molar refractivity (Wildman–Crippen MR) is 102 cm³/mol. The third kappa shape index (κ3) is 5.37. The van der Waals surface area contributed by atoms with Gasteiger partial charge in [-0.3, -0.25) is 9.59 Å². The second kappa shape index (κ2) is 9.83. The molecule has 0 aromatic heterocycles. The summed E-state index contributed by atoms with van der Waals surface area (Å²) in [5.41, 5.74) is 1.01. The fourth-order valence-electron chi connectivity index (χ4n) is 2.60. The molecule has 0 saturated carbocycles. The normalized spacial score (nSPS) is 11.4. The van der Waals surface area contributed by atoms with E-state index in [0.717, 1.165) is 0 Å². The molecular formula is C20H22ClNO5. The first-order chi connectivity index (χ1) is 13.0. The third-order valence-electron chi connectivity index (χ3n) is 3.91. The van der Waals surface area contributed by atoms with Gasteiger partial charge in [0.2, 0.25) is 0 Å². The van der Waals surface area contributed by atoms with Crippen molar-refractivity contribution in [3.63, 3.8) is 0 Å². The third-order valence-corrected chi connectivity index (χ3v) is 4.25. The Morgan fingerprint density at radius 1 is 1.07 bits per heavy atom. The van der Waals surface area contributed by atoms with Gasteiger partial charge in [0, 0.05) is 10.6 Å². The molecule has 0 aliphatic heterocycles. The SMILES string of the molecule is CCOC(=O)CC(NC(=O)c1ccc(OC)c(OC)c1)c1ccccc1Cl. The van der Waals surface area contributed by atoms with Crippen LogP contribution in [0.5, 0.6) is 11.5 Å². The van der Waals surface area contributed by atoms with E-state index in [1.165, 1.54) is 14.2 Å². The van der Waals surface area contributed by atoms with Crippen LogP contribution in [0.4, 0.5) is 0 Å². The number of esters is 1. The number of hydrogen-bond acceptors (Lipinski definition) is 5. The number of rotatable bonds is 8. The number of benzene rings is 2. The van der Waals surface area contributed by atoms with Crippen molar-refractivity contribution < 1.29 is 23.8 Å². The maximum absolute atomic E-state index is 12.7. The molecule has 0 fully saturated rings. The molecule has 2 rings (SSSR count). The van der Waals surface area contributed by atoms with Crippen LogP contribution >= 0.6 is 11.6 Å². The zero-order chi connectivity index (χ0) is 19.8. The van der Waals surface area contributed by atoms with Crippen molar-refractivity contribution in [2.45, 2.75) is 19.4 Å². The van der Waals surface area contributed by atoms with Crippen LogP contribution in [0.3, 0.4) is 0 Å². The molecule has 144 valence electrons. The van der Waals surface area contributed by atoms with Crippen LogP contribution in [-0.2, 0) is 9.53 Å². The summed E-state index contributed by atoms with van der Waals surface area (Å²) in [4.78, 5) is 24.7. The van der Waals surface area contributed by atoms with Gasteiger partial charge >= 0.3 is 5.97 Å². The lowest BCUT2D eigenvalue weighted by Crippen LogP contribution is -2.31. The molecule has 0 saturated heterocycles. The number of halogens is 1. The molecule has 1 unspecified atom stereocenters. The molecular weight excluding hydrogens is 370 g/mol. The second-order valence-electron chi connectivity index (χ2n) is 5.63. The highest BCUT2D eigenvalue weighted by atomic mass is 35.5. The van der Waals surface area contributed by atoms with Crippen molar-refractivity contribution in [2.75, 3.05) is 20.8 Å². The topological polar surface area (TPSA) is 73.9 Å². The lowest BCUT2D eigenvalue weighted by Gasteiger charge is -2.20. The van der Waals surface area contributed by atoms with Crippen LogP contribution in [-0.4, -0.2) is 32.7 Å². The molecule has 0 heterocycles. The monoisotopic (exact) mass is 391 g/mol. The lowest BCUT2D eigenvalue weighted by molar-refractivity contribution is -0.143. The fraction of sp³-hybridized carbons (Fsp3) is 0.300. The molecule has 2 aromatic carbocycles. The van der Waals surface area contributed by atoms with Crippen LogP contribution in [0.15, 0.2) is 42.5 Å². The second-order valence-corrected chi connectivity index (χ2v) is 6.03. The van der Waals surface area contributed by atoms with Gasteiger partial charge in [-0.2, -0.15) is 0 Å². The molecule has 0 aliphatic carbocycles. The van der Waals surface area contributed by atoms with E-state index in [9.17, 15) is 9.59 Å². The molecule has 1 amide bonds. The molecule has 0 spiro atoms. The summed E-state index contributed by atoms with van der Waals surface area (Å²) in [5, 5.41) is 3.31. The van der Waals surface area contributed by atoms with E-state index in [-0.39, 0.29) is 18.9 Å². The Bertz CT molecular complexity index is 809. The van der Waals surface area contributed by atoms with Gasteiger partial charge < -0.3 is 19.5 Å². The van der Waals surface area contributed by atoms with E-state index in [2.05, 4.69) is 5.32 Å². The Labute approximate surface area is 163 Å². The minimum Gasteiger partial charge on any atom is -0.493 e. The zero-order valence-electron chi connectivity index (χ0n) is 15.5. The Kier molecular flexibility index (Phi) is 7.49. The van der Waals surface area contributed by atoms with Crippen molar-refractivity contribution >= 4 is 23.5 Å². The smallest absolute Gasteiger partial charge is 0.308 e.